The molecule has 1 heterocycles. The zero-order valence-corrected chi connectivity index (χ0v) is 15.6. The maximum absolute atomic E-state index is 12.9. The van der Waals surface area contributed by atoms with E-state index in [1.165, 1.54) is 23.5 Å². The van der Waals surface area contributed by atoms with Gasteiger partial charge in [-0.25, -0.2) is 9.07 Å². The number of nitrogens with one attached hydrogen (secondary N) is 1. The lowest BCUT2D eigenvalue weighted by Crippen LogP contribution is -2.22. The zero-order valence-electron chi connectivity index (χ0n) is 14.0. The average Bonchev–Trinajstić information content (AvgIpc) is 2.89. The number of aromatic nitrogens is 2. The van der Waals surface area contributed by atoms with Gasteiger partial charge in [0.2, 0.25) is 5.13 Å². The fourth-order valence-electron chi connectivity index (χ4n) is 2.16. The van der Waals surface area contributed by atoms with Crippen molar-refractivity contribution in [1.29, 1.82) is 0 Å². The highest BCUT2D eigenvalue weighted by atomic mass is 32.1. The van der Waals surface area contributed by atoms with E-state index in [-0.39, 0.29) is 5.82 Å². The van der Waals surface area contributed by atoms with Crippen LogP contribution in [0.2, 0.25) is 0 Å². The summed E-state index contributed by atoms with van der Waals surface area (Å²) in [4.78, 5) is 2.08. The van der Waals surface area contributed by atoms with Crippen LogP contribution in [-0.4, -0.2) is 41.5 Å². The Hall–Kier alpha value is -1.35. The second kappa shape index (κ2) is 9.83. The van der Waals surface area contributed by atoms with Crippen LogP contribution in [0, 0.1) is 9.77 Å². The number of nitrogens with zero attached hydrogens (tertiary/aromatic N) is 3. The Morgan fingerprint density at radius 1 is 1.38 bits per heavy atom. The van der Waals surface area contributed by atoms with Gasteiger partial charge in [-0.2, -0.15) is 0 Å². The van der Waals surface area contributed by atoms with Gasteiger partial charge in [0, 0.05) is 26.3 Å². The van der Waals surface area contributed by atoms with Crippen LogP contribution < -0.4 is 5.32 Å². The molecule has 2 rings (SSSR count). The van der Waals surface area contributed by atoms with Crippen LogP contribution in [0.1, 0.15) is 18.9 Å². The first-order valence-electron chi connectivity index (χ1n) is 7.91. The van der Waals surface area contributed by atoms with Crippen molar-refractivity contribution in [3.8, 4) is 0 Å². The first-order valence-corrected chi connectivity index (χ1v) is 9.13. The second-order valence-corrected chi connectivity index (χ2v) is 7.05. The molecular formula is C16H23FN4OS2. The zero-order chi connectivity index (χ0) is 17.4. The predicted molar refractivity (Wildman–Crippen MR) is 98.4 cm³/mol. The van der Waals surface area contributed by atoms with E-state index >= 15 is 0 Å². The molecule has 1 aromatic carbocycles. The topological polar surface area (TPSA) is 42.3 Å². The highest BCUT2D eigenvalue weighted by molar-refractivity contribution is 7.73. The molecule has 0 saturated carbocycles. The van der Waals surface area contributed by atoms with E-state index in [2.05, 4.69) is 15.3 Å². The summed E-state index contributed by atoms with van der Waals surface area (Å²) in [5.74, 6) is -0.219. The van der Waals surface area contributed by atoms with E-state index in [9.17, 15) is 4.39 Å². The van der Waals surface area contributed by atoms with Gasteiger partial charge in [0.15, 0.2) is 3.95 Å². The van der Waals surface area contributed by atoms with E-state index in [1.54, 1.807) is 16.8 Å². The number of benzene rings is 1. The van der Waals surface area contributed by atoms with Crippen molar-refractivity contribution < 1.29 is 9.13 Å². The van der Waals surface area contributed by atoms with Gasteiger partial charge in [-0.05, 0) is 50.3 Å². The molecule has 0 aliphatic carbocycles. The minimum atomic E-state index is -0.219. The summed E-state index contributed by atoms with van der Waals surface area (Å²) in [6.07, 6.45) is 0.935. The molecule has 1 aromatic heterocycles. The van der Waals surface area contributed by atoms with Crippen molar-refractivity contribution in [3.63, 3.8) is 0 Å². The van der Waals surface area contributed by atoms with E-state index in [4.69, 9.17) is 17.0 Å². The quantitative estimate of drug-likeness (QED) is 0.510. The highest BCUT2D eigenvalue weighted by Gasteiger charge is 2.07. The number of hydrogen-bond donors (Lipinski definition) is 1. The van der Waals surface area contributed by atoms with Gasteiger partial charge in [-0.1, -0.05) is 23.5 Å². The van der Waals surface area contributed by atoms with Crippen LogP contribution >= 0.6 is 23.6 Å². The molecule has 132 valence electrons. The first kappa shape index (κ1) is 19.0. The Morgan fingerprint density at radius 2 is 2.12 bits per heavy atom. The maximum Gasteiger partial charge on any atom is 0.204 e. The largest absolute Gasteiger partial charge is 0.382 e. The number of rotatable bonds is 10. The van der Waals surface area contributed by atoms with E-state index < -0.39 is 0 Å². The van der Waals surface area contributed by atoms with E-state index in [0.717, 1.165) is 40.8 Å². The fourth-order valence-corrected chi connectivity index (χ4v) is 3.18. The molecule has 0 bridgehead atoms. The Labute approximate surface area is 151 Å². The summed E-state index contributed by atoms with van der Waals surface area (Å²) >= 11 is 6.84. The summed E-state index contributed by atoms with van der Waals surface area (Å²) in [7, 11) is 1.99. The SMILES string of the molecule is CCOCCCNc1nn(CN(C)Cc2ccc(F)cc2)c(=S)s1. The van der Waals surface area contributed by atoms with E-state index in [1.807, 2.05) is 14.0 Å². The molecule has 8 heteroatoms. The molecule has 0 atom stereocenters. The Balaban J connectivity index is 1.83. The van der Waals surface area contributed by atoms with Crippen LogP contribution in [0.3, 0.4) is 0 Å². The molecule has 24 heavy (non-hydrogen) atoms. The van der Waals surface area contributed by atoms with Crippen LogP contribution in [0.25, 0.3) is 0 Å². The van der Waals surface area contributed by atoms with Crippen LogP contribution in [0.4, 0.5) is 9.52 Å². The van der Waals surface area contributed by atoms with Gasteiger partial charge in [0.25, 0.3) is 0 Å². The summed E-state index contributed by atoms with van der Waals surface area (Å²) in [5, 5.41) is 8.60. The van der Waals surface area contributed by atoms with Crippen molar-refractivity contribution in [1.82, 2.24) is 14.7 Å². The molecular weight excluding hydrogens is 347 g/mol. The Kier molecular flexibility index (Phi) is 7.77. The lowest BCUT2D eigenvalue weighted by Gasteiger charge is -2.16. The molecule has 0 radical (unpaired) electrons. The van der Waals surface area contributed by atoms with Gasteiger partial charge in [0.1, 0.15) is 5.82 Å². The lowest BCUT2D eigenvalue weighted by atomic mass is 10.2. The minimum Gasteiger partial charge on any atom is -0.382 e. The maximum atomic E-state index is 12.9. The molecule has 0 amide bonds. The van der Waals surface area contributed by atoms with Crippen molar-refractivity contribution in [2.24, 2.45) is 0 Å². The molecule has 0 aliphatic heterocycles. The fraction of sp³-hybridized carbons (Fsp3) is 0.500. The summed E-state index contributed by atoms with van der Waals surface area (Å²) in [5.41, 5.74) is 1.05. The molecule has 0 spiro atoms. The number of hydrogen-bond acceptors (Lipinski definition) is 6. The molecule has 0 aliphatic rings. The standard InChI is InChI=1S/C16H23FN4OS2/c1-3-22-10-4-9-18-15-19-21(16(23)24-15)12-20(2)11-13-5-7-14(17)8-6-13/h5-8H,3-4,9-12H2,1-2H3,(H,18,19). The lowest BCUT2D eigenvalue weighted by molar-refractivity contribution is 0.147. The van der Waals surface area contributed by atoms with Crippen molar-refractivity contribution in [2.75, 3.05) is 32.1 Å². The third kappa shape index (κ3) is 6.27. The molecule has 1 N–H and O–H groups in total. The van der Waals surface area contributed by atoms with E-state index in [0.29, 0.717) is 13.2 Å². The van der Waals surface area contributed by atoms with Gasteiger partial charge < -0.3 is 10.1 Å². The van der Waals surface area contributed by atoms with Crippen molar-refractivity contribution in [2.45, 2.75) is 26.6 Å². The van der Waals surface area contributed by atoms with Gasteiger partial charge >= 0.3 is 0 Å². The summed E-state index contributed by atoms with van der Waals surface area (Å²) < 4.78 is 20.8. The smallest absolute Gasteiger partial charge is 0.204 e. The third-order valence-electron chi connectivity index (χ3n) is 3.29. The van der Waals surface area contributed by atoms with Crippen molar-refractivity contribution >= 4 is 28.7 Å². The summed E-state index contributed by atoms with van der Waals surface area (Å²) in [6, 6.07) is 6.53. The van der Waals surface area contributed by atoms with Crippen LogP contribution in [0.15, 0.2) is 24.3 Å². The molecule has 0 fully saturated rings. The number of ether oxygens (including phenoxy) is 1. The number of anilines is 1. The third-order valence-corrected chi connectivity index (χ3v) is 4.56. The van der Waals surface area contributed by atoms with Gasteiger partial charge in [-0.15, -0.1) is 5.10 Å². The average molecular weight is 371 g/mol. The molecule has 0 unspecified atom stereocenters. The van der Waals surface area contributed by atoms with Gasteiger partial charge in [0.05, 0.1) is 6.67 Å². The Morgan fingerprint density at radius 3 is 2.83 bits per heavy atom. The molecule has 2 aromatic rings. The van der Waals surface area contributed by atoms with Crippen LogP contribution in [-0.2, 0) is 18.0 Å². The normalized spacial score (nSPS) is 11.2. The number of halogens is 1. The first-order chi connectivity index (χ1) is 11.6. The highest BCUT2D eigenvalue weighted by Crippen LogP contribution is 2.15. The summed E-state index contributed by atoms with van der Waals surface area (Å²) in [6.45, 7) is 5.59. The second-order valence-electron chi connectivity index (χ2n) is 5.43. The Bertz CT molecular complexity index is 671. The minimum absolute atomic E-state index is 0.219. The monoisotopic (exact) mass is 370 g/mol. The van der Waals surface area contributed by atoms with Crippen molar-refractivity contribution in [3.05, 3.63) is 39.6 Å². The van der Waals surface area contributed by atoms with Gasteiger partial charge in [-0.3, -0.25) is 4.90 Å². The van der Waals surface area contributed by atoms with Crippen LogP contribution in [0.5, 0.6) is 0 Å². The molecule has 5 nitrogen and oxygen atoms in total. The predicted octanol–water partition coefficient (Wildman–Crippen LogP) is 3.74. The molecule has 0 saturated heterocycles.